The first-order valence-electron chi connectivity index (χ1n) is 11.2. The number of alkyl halides is 3. The molecule has 0 aromatic heterocycles. The molecule has 3 aliphatic heterocycles. The molecule has 170 valence electrons. The summed E-state index contributed by atoms with van der Waals surface area (Å²) in [5, 5.41) is 9.44. The number of rotatable bonds is 3. The van der Waals surface area contributed by atoms with E-state index in [0.717, 1.165) is 25.8 Å². The second-order valence-corrected chi connectivity index (χ2v) is 9.50. The molecular weight excluding hydrogens is 395 g/mol. The number of carbonyl (C=O) groups excluding carboxylic acids is 1. The van der Waals surface area contributed by atoms with Gasteiger partial charge in [-0.1, -0.05) is 13.0 Å². The van der Waals surface area contributed by atoms with Crippen LogP contribution in [-0.4, -0.2) is 73.0 Å². The second kappa shape index (κ2) is 8.76. The molecule has 3 N–H and O–H groups in total. The third-order valence-electron chi connectivity index (χ3n) is 7.62. The minimum Gasteiger partial charge on any atom is -0.338 e. The Kier molecular flexibility index (Phi) is 6.44. The van der Waals surface area contributed by atoms with Crippen LogP contribution in [0.15, 0.2) is 12.7 Å². The molecule has 3 saturated heterocycles. The van der Waals surface area contributed by atoms with E-state index in [0.29, 0.717) is 25.4 Å². The van der Waals surface area contributed by atoms with Gasteiger partial charge in [0.1, 0.15) is 0 Å². The van der Waals surface area contributed by atoms with Crippen molar-refractivity contribution in [1.82, 2.24) is 26.0 Å². The van der Waals surface area contributed by atoms with E-state index in [1.165, 1.54) is 6.08 Å². The summed E-state index contributed by atoms with van der Waals surface area (Å²) < 4.78 is 40.2. The van der Waals surface area contributed by atoms with Crippen LogP contribution in [0, 0.1) is 17.8 Å². The van der Waals surface area contributed by atoms with Gasteiger partial charge in [0, 0.05) is 44.8 Å². The maximum atomic E-state index is 13.4. The Labute approximate surface area is 176 Å². The van der Waals surface area contributed by atoms with Crippen LogP contribution in [0.25, 0.3) is 0 Å². The van der Waals surface area contributed by atoms with Crippen molar-refractivity contribution >= 4 is 5.91 Å². The molecule has 9 heteroatoms. The molecule has 4 aliphatic rings. The molecule has 0 spiro atoms. The summed E-state index contributed by atoms with van der Waals surface area (Å²) in [6.45, 7) is 5.84. The number of fused-ring (bicyclic) bond motifs is 1. The molecule has 1 amide bonds. The lowest BCUT2D eigenvalue weighted by atomic mass is 9.75. The molecule has 0 radical (unpaired) electrons. The number of carbonyl (C=O) groups is 1. The van der Waals surface area contributed by atoms with Gasteiger partial charge in [-0.25, -0.2) is 5.01 Å². The van der Waals surface area contributed by atoms with Crippen molar-refractivity contribution in [3.8, 4) is 0 Å². The van der Waals surface area contributed by atoms with Crippen molar-refractivity contribution in [1.29, 1.82) is 0 Å². The molecule has 0 bridgehead atoms. The fourth-order valence-corrected chi connectivity index (χ4v) is 6.03. The number of likely N-dealkylation sites (tertiary alicyclic amines) is 1. The minimum atomic E-state index is -4.12. The lowest BCUT2D eigenvalue weighted by Gasteiger charge is -2.52. The first-order valence-corrected chi connectivity index (χ1v) is 11.2. The number of nitrogens with one attached hydrogen (secondary N) is 3. The standard InChI is InChI=1S/C21H34F3N5O/c1-3-18(30)29-10-7-15-17(12-29)25-20(26-19(15)16-8-9-28(2)27-16)13-5-4-6-14(11-13)21(22,23)24/h3,13-17,19-20,25-27H,1,4-12H2,2H3. The molecule has 0 aromatic rings. The fourth-order valence-electron chi connectivity index (χ4n) is 6.03. The molecule has 6 nitrogen and oxygen atoms in total. The first-order chi connectivity index (χ1) is 14.3. The average Bonchev–Trinajstić information content (AvgIpc) is 3.17. The molecule has 1 saturated carbocycles. The lowest BCUT2D eigenvalue weighted by Crippen LogP contribution is -2.73. The normalized spacial score (nSPS) is 40.8. The molecule has 0 aromatic carbocycles. The number of amides is 1. The minimum absolute atomic E-state index is 0.0570. The maximum Gasteiger partial charge on any atom is 0.391 e. The van der Waals surface area contributed by atoms with Gasteiger partial charge in [-0.2, -0.15) is 13.2 Å². The van der Waals surface area contributed by atoms with Crippen molar-refractivity contribution < 1.29 is 18.0 Å². The Hall–Kier alpha value is -1.16. The lowest BCUT2D eigenvalue weighted by molar-refractivity contribution is -0.187. The quantitative estimate of drug-likeness (QED) is 0.598. The van der Waals surface area contributed by atoms with Crippen molar-refractivity contribution in [3.63, 3.8) is 0 Å². The summed E-state index contributed by atoms with van der Waals surface area (Å²) >= 11 is 0. The summed E-state index contributed by atoms with van der Waals surface area (Å²) in [5.41, 5.74) is 3.52. The Balaban J connectivity index is 1.52. The van der Waals surface area contributed by atoms with Crippen molar-refractivity contribution in [2.75, 3.05) is 26.7 Å². The van der Waals surface area contributed by atoms with E-state index < -0.39 is 12.1 Å². The third-order valence-corrected chi connectivity index (χ3v) is 7.62. The average molecular weight is 430 g/mol. The van der Waals surface area contributed by atoms with Gasteiger partial charge in [0.2, 0.25) is 5.91 Å². The van der Waals surface area contributed by atoms with Crippen LogP contribution >= 0.6 is 0 Å². The van der Waals surface area contributed by atoms with Gasteiger partial charge in [0.15, 0.2) is 0 Å². The highest BCUT2D eigenvalue weighted by Gasteiger charge is 2.49. The summed E-state index contributed by atoms with van der Waals surface area (Å²) in [7, 11) is 2.02. The SMILES string of the molecule is C=CC(=O)N1CCC2C(C1)NC(C1CCCC(C(F)(F)F)C1)NC2C1CCN(C)N1. The largest absolute Gasteiger partial charge is 0.391 e. The summed E-state index contributed by atoms with van der Waals surface area (Å²) in [5.74, 6) is -1.01. The number of nitrogens with zero attached hydrogens (tertiary/aromatic N) is 2. The van der Waals surface area contributed by atoms with Crippen molar-refractivity contribution in [2.24, 2.45) is 17.8 Å². The summed E-state index contributed by atoms with van der Waals surface area (Å²) in [4.78, 5) is 14.0. The molecule has 30 heavy (non-hydrogen) atoms. The molecule has 3 heterocycles. The van der Waals surface area contributed by atoms with E-state index in [2.05, 4.69) is 27.6 Å². The van der Waals surface area contributed by atoms with E-state index in [4.69, 9.17) is 0 Å². The zero-order chi connectivity index (χ0) is 21.5. The van der Waals surface area contributed by atoms with E-state index >= 15 is 0 Å². The Morgan fingerprint density at radius 2 is 1.90 bits per heavy atom. The third kappa shape index (κ3) is 4.54. The Bertz CT molecular complexity index is 645. The first kappa shape index (κ1) is 22.0. The van der Waals surface area contributed by atoms with Crippen LogP contribution in [0.1, 0.15) is 38.5 Å². The van der Waals surface area contributed by atoms with E-state index in [-0.39, 0.29) is 49.0 Å². The zero-order valence-corrected chi connectivity index (χ0v) is 17.6. The highest BCUT2D eigenvalue weighted by molar-refractivity contribution is 5.87. The Morgan fingerprint density at radius 1 is 1.10 bits per heavy atom. The molecule has 7 atom stereocenters. The number of hydrazine groups is 1. The highest BCUT2D eigenvalue weighted by Crippen LogP contribution is 2.42. The van der Waals surface area contributed by atoms with E-state index in [9.17, 15) is 18.0 Å². The van der Waals surface area contributed by atoms with Crippen LogP contribution in [-0.2, 0) is 4.79 Å². The van der Waals surface area contributed by atoms with Crippen molar-refractivity contribution in [3.05, 3.63) is 12.7 Å². The predicted octanol–water partition coefficient (Wildman–Crippen LogP) is 1.85. The summed E-state index contributed by atoms with van der Waals surface area (Å²) in [6, 6.07) is 0.520. The number of halogens is 3. The van der Waals surface area contributed by atoms with Crippen LogP contribution in [0.5, 0.6) is 0 Å². The smallest absolute Gasteiger partial charge is 0.338 e. The molecule has 7 unspecified atom stereocenters. The van der Waals surface area contributed by atoms with Gasteiger partial charge in [0.05, 0.1) is 12.1 Å². The van der Waals surface area contributed by atoms with Gasteiger partial charge in [-0.15, -0.1) is 0 Å². The predicted molar refractivity (Wildman–Crippen MR) is 108 cm³/mol. The van der Waals surface area contributed by atoms with Gasteiger partial charge >= 0.3 is 6.18 Å². The highest BCUT2D eigenvalue weighted by atomic mass is 19.4. The van der Waals surface area contributed by atoms with Crippen molar-refractivity contribution in [2.45, 2.75) is 69.0 Å². The topological polar surface area (TPSA) is 59.6 Å². The number of hydrogen-bond acceptors (Lipinski definition) is 5. The van der Waals surface area contributed by atoms with Crippen LogP contribution in [0.4, 0.5) is 13.2 Å². The Morgan fingerprint density at radius 3 is 2.57 bits per heavy atom. The zero-order valence-electron chi connectivity index (χ0n) is 17.6. The molecular formula is C21H34F3N5O. The fraction of sp³-hybridized carbons (Fsp3) is 0.857. The summed E-state index contributed by atoms with van der Waals surface area (Å²) in [6.07, 6.45) is 0.766. The van der Waals surface area contributed by atoms with E-state index in [1.807, 2.05) is 11.9 Å². The van der Waals surface area contributed by atoms with Gasteiger partial charge < -0.3 is 4.90 Å². The monoisotopic (exact) mass is 429 g/mol. The van der Waals surface area contributed by atoms with Crippen LogP contribution in [0.2, 0.25) is 0 Å². The number of piperidine rings is 1. The molecule has 4 rings (SSSR count). The van der Waals surface area contributed by atoms with Gasteiger partial charge in [-0.05, 0) is 50.0 Å². The van der Waals surface area contributed by atoms with Gasteiger partial charge in [0.25, 0.3) is 0 Å². The molecule has 1 aliphatic carbocycles. The second-order valence-electron chi connectivity index (χ2n) is 9.50. The number of hydrogen-bond donors (Lipinski definition) is 3. The van der Waals surface area contributed by atoms with Crippen LogP contribution < -0.4 is 16.1 Å². The van der Waals surface area contributed by atoms with Crippen LogP contribution in [0.3, 0.4) is 0 Å². The molecule has 4 fully saturated rings. The van der Waals surface area contributed by atoms with E-state index in [1.54, 1.807) is 0 Å². The maximum absolute atomic E-state index is 13.4. The van der Waals surface area contributed by atoms with Gasteiger partial charge in [-0.3, -0.25) is 20.9 Å².